The Morgan fingerprint density at radius 1 is 1.16 bits per heavy atom. The maximum absolute atomic E-state index is 12.4. The Kier molecular flexibility index (Phi) is 5.56. The molecule has 0 saturated heterocycles. The van der Waals surface area contributed by atoms with Crippen molar-refractivity contribution >= 4 is 37.3 Å². The van der Waals surface area contributed by atoms with Crippen molar-refractivity contribution in [1.29, 1.82) is 0 Å². The van der Waals surface area contributed by atoms with Gasteiger partial charge in [0.25, 0.3) is 5.91 Å². The fourth-order valence-electron chi connectivity index (χ4n) is 2.31. The van der Waals surface area contributed by atoms with Crippen LogP contribution in [-0.4, -0.2) is 5.91 Å². The van der Waals surface area contributed by atoms with Crippen molar-refractivity contribution in [1.82, 2.24) is 0 Å². The summed E-state index contributed by atoms with van der Waals surface area (Å²) >= 11 is 1.63. The normalized spacial score (nSPS) is 10.7. The molecule has 1 heterocycles. The summed E-state index contributed by atoms with van der Waals surface area (Å²) in [6.07, 6.45) is 0. The fraction of sp³-hybridized carbons (Fsp3) is 0.0556. The van der Waals surface area contributed by atoms with Gasteiger partial charge in [0.15, 0.2) is 0 Å². The number of amides is 1. The summed E-state index contributed by atoms with van der Waals surface area (Å²) < 4.78 is 15.1. The van der Waals surface area contributed by atoms with Crippen LogP contribution in [-0.2, 0) is 15.7 Å². The van der Waals surface area contributed by atoms with Gasteiger partial charge in [-0.05, 0) is 46.8 Å². The minimum atomic E-state index is -0.365. The first-order valence-corrected chi connectivity index (χ1v) is 9.06. The van der Waals surface area contributed by atoms with E-state index in [9.17, 15) is 9.36 Å². The van der Waals surface area contributed by atoms with Crippen molar-refractivity contribution in [3.63, 3.8) is 0 Å². The van der Waals surface area contributed by atoms with Gasteiger partial charge in [0.05, 0.1) is 18.0 Å². The highest BCUT2D eigenvalue weighted by molar-refractivity contribution is 7.17. The van der Waals surface area contributed by atoms with Crippen molar-refractivity contribution in [2.45, 2.75) is 6.61 Å². The third-order valence-corrected chi connectivity index (χ3v) is 4.76. The molecule has 3 rings (SSSR count). The maximum atomic E-state index is 12.4. The highest BCUT2D eigenvalue weighted by Crippen LogP contribution is 2.30. The van der Waals surface area contributed by atoms with Crippen LogP contribution in [0.3, 0.4) is 0 Å². The molecule has 0 unspecified atom stereocenters. The number of rotatable bonds is 6. The van der Waals surface area contributed by atoms with Crippen LogP contribution in [0.4, 0.5) is 11.4 Å². The molecule has 0 aliphatic rings. The molecule has 1 amide bonds. The largest absolute Gasteiger partial charge is 0.397 e. The predicted molar refractivity (Wildman–Crippen MR) is 101 cm³/mol. The van der Waals surface area contributed by atoms with Gasteiger partial charge in [-0.15, -0.1) is 11.3 Å². The number of carbonyl (C=O) groups is 1. The molecular formula is C18H15N2O3PS. The molecule has 0 aliphatic heterocycles. The summed E-state index contributed by atoms with van der Waals surface area (Å²) in [7, 11) is -0.365. The second kappa shape index (κ2) is 8.03. The molecule has 0 saturated carbocycles. The molecular weight excluding hydrogens is 355 g/mol. The molecule has 0 atom stereocenters. The summed E-state index contributed by atoms with van der Waals surface area (Å²) in [6.45, 7) is 0.225. The molecule has 0 bridgehead atoms. The Labute approximate surface area is 150 Å². The zero-order valence-corrected chi connectivity index (χ0v) is 14.8. The summed E-state index contributed by atoms with van der Waals surface area (Å²) in [5.74, 6) is -0.246. The van der Waals surface area contributed by atoms with E-state index in [0.29, 0.717) is 16.9 Å². The molecule has 1 aromatic heterocycles. The molecule has 25 heavy (non-hydrogen) atoms. The topological polar surface area (TPSA) is 81.4 Å². The van der Waals surface area contributed by atoms with Crippen LogP contribution in [0.25, 0.3) is 10.4 Å². The molecule has 0 aliphatic carbocycles. The molecule has 3 aromatic rings. The number of nitrogen functional groups attached to an aromatic ring is 1. The first kappa shape index (κ1) is 17.3. The number of benzene rings is 2. The number of nitrogens with two attached hydrogens (primary N) is 1. The molecule has 2 aromatic carbocycles. The molecule has 0 spiro atoms. The predicted octanol–water partition coefficient (Wildman–Crippen LogP) is 4.97. The Bertz CT molecular complexity index is 880. The van der Waals surface area contributed by atoms with Gasteiger partial charge in [-0.3, -0.25) is 9.32 Å². The highest BCUT2D eigenvalue weighted by Gasteiger charge is 2.10. The van der Waals surface area contributed by atoms with Gasteiger partial charge in [0.1, 0.15) is 0 Å². The second-order valence-corrected chi connectivity index (χ2v) is 6.63. The zero-order valence-electron chi connectivity index (χ0n) is 13.1. The number of nitrogens with one attached hydrogen (secondary N) is 1. The van der Waals surface area contributed by atoms with E-state index < -0.39 is 0 Å². The lowest BCUT2D eigenvalue weighted by molar-refractivity contribution is 0.102. The number of thiophene rings is 1. The van der Waals surface area contributed by atoms with Gasteiger partial charge >= 0.3 is 8.69 Å². The molecule has 0 radical (unpaired) electrons. The van der Waals surface area contributed by atoms with Crippen LogP contribution in [0, 0.1) is 0 Å². The molecule has 126 valence electrons. The van der Waals surface area contributed by atoms with Crippen molar-refractivity contribution in [3.8, 4) is 10.4 Å². The van der Waals surface area contributed by atoms with E-state index in [1.807, 2.05) is 29.6 Å². The molecule has 5 nitrogen and oxygen atoms in total. The van der Waals surface area contributed by atoms with Crippen molar-refractivity contribution < 1.29 is 13.9 Å². The van der Waals surface area contributed by atoms with Crippen LogP contribution in [0.5, 0.6) is 0 Å². The average molecular weight is 370 g/mol. The minimum absolute atomic E-state index is 0.225. The highest BCUT2D eigenvalue weighted by atomic mass is 32.1. The summed E-state index contributed by atoms with van der Waals surface area (Å²) in [4.78, 5) is 13.6. The smallest absolute Gasteiger partial charge is 0.327 e. The van der Waals surface area contributed by atoms with E-state index in [-0.39, 0.29) is 21.2 Å². The van der Waals surface area contributed by atoms with Gasteiger partial charge < -0.3 is 11.1 Å². The number of carbonyl (C=O) groups excluding carboxylic acids is 1. The van der Waals surface area contributed by atoms with Crippen molar-refractivity contribution in [2.24, 2.45) is 0 Å². The standard InChI is InChI=1S/C18H15N2O3PS/c19-15-8-7-14(17-2-1-9-25-17)10-16(15)20-18(21)13-5-3-12(4-6-13)11-23-24-22/h1-10H,11,19H2,(H,20,21). The minimum Gasteiger partial charge on any atom is -0.397 e. The average Bonchev–Trinajstić information content (AvgIpc) is 3.17. The fourth-order valence-corrected chi connectivity index (χ4v) is 3.23. The van der Waals surface area contributed by atoms with E-state index in [2.05, 4.69) is 5.32 Å². The number of anilines is 2. The van der Waals surface area contributed by atoms with Gasteiger partial charge in [-0.25, -0.2) is 4.57 Å². The van der Waals surface area contributed by atoms with Gasteiger partial charge in [-0.2, -0.15) is 0 Å². The van der Waals surface area contributed by atoms with Crippen molar-refractivity contribution in [2.75, 3.05) is 11.1 Å². The Balaban J connectivity index is 1.76. The van der Waals surface area contributed by atoms with Crippen LogP contribution >= 0.6 is 20.0 Å². The van der Waals surface area contributed by atoms with E-state index >= 15 is 0 Å². The van der Waals surface area contributed by atoms with Gasteiger partial charge in [-0.1, -0.05) is 24.3 Å². The SMILES string of the molecule is Nc1ccc(-c2cccs2)cc1NC(=O)c1ccc(COP=O)cc1. The van der Waals surface area contributed by atoms with Crippen LogP contribution in [0.2, 0.25) is 0 Å². The van der Waals surface area contributed by atoms with Gasteiger partial charge in [0, 0.05) is 10.4 Å². The Morgan fingerprint density at radius 2 is 1.96 bits per heavy atom. The number of hydrogen-bond acceptors (Lipinski definition) is 5. The van der Waals surface area contributed by atoms with Crippen LogP contribution in [0.15, 0.2) is 60.0 Å². The van der Waals surface area contributed by atoms with E-state index in [1.165, 1.54) is 0 Å². The lowest BCUT2D eigenvalue weighted by Gasteiger charge is -2.10. The summed E-state index contributed by atoms with van der Waals surface area (Å²) in [6, 6.07) is 16.5. The van der Waals surface area contributed by atoms with Crippen LogP contribution in [0.1, 0.15) is 15.9 Å². The van der Waals surface area contributed by atoms with E-state index in [4.69, 9.17) is 10.3 Å². The second-order valence-electron chi connectivity index (χ2n) is 5.28. The third kappa shape index (κ3) is 4.31. The summed E-state index contributed by atoms with van der Waals surface area (Å²) in [5, 5.41) is 4.85. The van der Waals surface area contributed by atoms with Gasteiger partial charge in [0.2, 0.25) is 0 Å². The quantitative estimate of drug-likeness (QED) is 0.474. The van der Waals surface area contributed by atoms with Crippen molar-refractivity contribution in [3.05, 3.63) is 71.1 Å². The number of hydrogen-bond donors (Lipinski definition) is 2. The van der Waals surface area contributed by atoms with E-state index in [1.54, 1.807) is 41.7 Å². The molecule has 3 N–H and O–H groups in total. The molecule has 7 heteroatoms. The summed E-state index contributed by atoms with van der Waals surface area (Å²) in [5.41, 5.74) is 9.41. The maximum Gasteiger partial charge on any atom is 0.327 e. The Hall–Kier alpha value is -2.53. The Morgan fingerprint density at radius 3 is 2.64 bits per heavy atom. The van der Waals surface area contributed by atoms with E-state index in [0.717, 1.165) is 16.0 Å². The first-order valence-electron chi connectivity index (χ1n) is 7.45. The van der Waals surface area contributed by atoms with Crippen LogP contribution < -0.4 is 11.1 Å². The lowest BCUT2D eigenvalue weighted by Crippen LogP contribution is -2.13. The monoisotopic (exact) mass is 370 g/mol. The lowest BCUT2D eigenvalue weighted by atomic mass is 10.1. The first-order chi connectivity index (χ1) is 12.2. The third-order valence-electron chi connectivity index (χ3n) is 3.61. The zero-order chi connectivity index (χ0) is 17.6. The molecule has 0 fully saturated rings.